The van der Waals surface area contributed by atoms with E-state index in [1.54, 1.807) is 32.2 Å². The van der Waals surface area contributed by atoms with E-state index in [-0.39, 0.29) is 12.6 Å². The Morgan fingerprint density at radius 2 is 2.05 bits per heavy atom. The number of nitrogens with zero attached hydrogens (tertiary/aromatic N) is 1. The Bertz CT molecular complexity index is 564. The molecule has 1 saturated carbocycles. The molecule has 1 atom stereocenters. The molecule has 1 aliphatic rings. The summed E-state index contributed by atoms with van der Waals surface area (Å²) in [5.41, 5.74) is 1.34. The maximum Gasteiger partial charge on any atom is 0.243 e. The van der Waals surface area contributed by atoms with Gasteiger partial charge in [-0.25, -0.2) is 8.42 Å². The summed E-state index contributed by atoms with van der Waals surface area (Å²) in [5.74, 6) is 0.487. The van der Waals surface area contributed by atoms with E-state index in [2.05, 4.69) is 0 Å². The van der Waals surface area contributed by atoms with Crippen LogP contribution in [0.4, 0.5) is 0 Å². The number of hydrogen-bond acceptors (Lipinski definition) is 3. The van der Waals surface area contributed by atoms with E-state index in [1.165, 1.54) is 4.31 Å². The maximum absolute atomic E-state index is 12.6. The minimum atomic E-state index is -3.48. The van der Waals surface area contributed by atoms with E-state index in [1.807, 2.05) is 6.92 Å². The standard InChI is InChI=1S/C14H21NO3S/c1-10-4-5-12(9-16)8-14(10)19(17,18)15(3)11(2)13-6-7-13/h4-5,8,11,13,16H,6-7,9H2,1-3H3. The maximum atomic E-state index is 12.6. The second kappa shape index (κ2) is 5.23. The highest BCUT2D eigenvalue weighted by atomic mass is 32.2. The Hall–Kier alpha value is -0.910. The van der Waals surface area contributed by atoms with Crippen molar-refractivity contribution in [3.8, 4) is 0 Å². The van der Waals surface area contributed by atoms with Gasteiger partial charge in [0.2, 0.25) is 10.0 Å². The van der Waals surface area contributed by atoms with Crippen LogP contribution in [0, 0.1) is 12.8 Å². The number of aliphatic hydroxyl groups is 1. The lowest BCUT2D eigenvalue weighted by Gasteiger charge is -2.25. The van der Waals surface area contributed by atoms with E-state index in [0.717, 1.165) is 12.8 Å². The molecule has 0 radical (unpaired) electrons. The molecule has 0 amide bonds. The van der Waals surface area contributed by atoms with Crippen molar-refractivity contribution in [1.82, 2.24) is 4.31 Å². The summed E-state index contributed by atoms with van der Waals surface area (Å²) in [6.45, 7) is 3.59. The van der Waals surface area contributed by atoms with Crippen molar-refractivity contribution in [3.63, 3.8) is 0 Å². The Morgan fingerprint density at radius 3 is 2.58 bits per heavy atom. The number of aryl methyl sites for hydroxylation is 1. The first-order valence-electron chi connectivity index (χ1n) is 6.56. The second-order valence-electron chi connectivity index (χ2n) is 5.36. The van der Waals surface area contributed by atoms with Gasteiger partial charge in [0.1, 0.15) is 0 Å². The number of rotatable bonds is 5. The van der Waals surface area contributed by atoms with Crippen molar-refractivity contribution < 1.29 is 13.5 Å². The minimum absolute atomic E-state index is 0.0298. The third kappa shape index (κ3) is 2.83. The highest BCUT2D eigenvalue weighted by Crippen LogP contribution is 2.36. The first-order chi connectivity index (χ1) is 8.87. The molecule has 1 unspecified atom stereocenters. The molecule has 1 aromatic rings. The van der Waals surface area contributed by atoms with Gasteiger partial charge in [0.05, 0.1) is 11.5 Å². The van der Waals surface area contributed by atoms with E-state index < -0.39 is 10.0 Å². The van der Waals surface area contributed by atoms with E-state index in [4.69, 9.17) is 5.11 Å². The monoisotopic (exact) mass is 283 g/mol. The van der Waals surface area contributed by atoms with E-state index >= 15 is 0 Å². The average molecular weight is 283 g/mol. The first-order valence-corrected chi connectivity index (χ1v) is 8.00. The second-order valence-corrected chi connectivity index (χ2v) is 7.32. The van der Waals surface area contributed by atoms with Crippen LogP contribution in [0.5, 0.6) is 0 Å². The van der Waals surface area contributed by atoms with Crippen molar-refractivity contribution in [2.75, 3.05) is 7.05 Å². The predicted molar refractivity (Wildman–Crippen MR) is 74.2 cm³/mol. The zero-order chi connectivity index (χ0) is 14.2. The number of hydrogen-bond donors (Lipinski definition) is 1. The van der Waals surface area contributed by atoms with E-state index in [0.29, 0.717) is 21.9 Å². The lowest BCUT2D eigenvalue weighted by atomic mass is 10.2. The molecular formula is C14H21NO3S. The highest BCUT2D eigenvalue weighted by Gasteiger charge is 2.36. The summed E-state index contributed by atoms with van der Waals surface area (Å²) < 4.78 is 26.7. The largest absolute Gasteiger partial charge is 0.392 e. The van der Waals surface area contributed by atoms with Gasteiger partial charge >= 0.3 is 0 Å². The molecule has 4 nitrogen and oxygen atoms in total. The molecule has 19 heavy (non-hydrogen) atoms. The molecule has 0 saturated heterocycles. The Kier molecular flexibility index (Phi) is 3.99. The van der Waals surface area contributed by atoms with Crippen LogP contribution in [0.1, 0.15) is 30.9 Å². The smallest absolute Gasteiger partial charge is 0.243 e. The Morgan fingerprint density at radius 1 is 1.42 bits per heavy atom. The van der Waals surface area contributed by atoms with Gasteiger partial charge in [0.25, 0.3) is 0 Å². The molecule has 1 aromatic carbocycles. The van der Waals surface area contributed by atoms with Gasteiger partial charge < -0.3 is 5.11 Å². The molecule has 1 N–H and O–H groups in total. The first kappa shape index (κ1) is 14.5. The molecule has 0 aliphatic heterocycles. The van der Waals surface area contributed by atoms with Crippen LogP contribution in [0.15, 0.2) is 23.1 Å². The fraction of sp³-hybridized carbons (Fsp3) is 0.571. The van der Waals surface area contributed by atoms with Crippen LogP contribution >= 0.6 is 0 Å². The molecule has 5 heteroatoms. The number of sulfonamides is 1. The summed E-state index contributed by atoms with van der Waals surface area (Å²) >= 11 is 0. The summed E-state index contributed by atoms with van der Waals surface area (Å²) in [4.78, 5) is 0.300. The lowest BCUT2D eigenvalue weighted by Crippen LogP contribution is -2.36. The van der Waals surface area contributed by atoms with Crippen molar-refractivity contribution in [3.05, 3.63) is 29.3 Å². The van der Waals surface area contributed by atoms with Gasteiger partial charge in [0, 0.05) is 13.1 Å². The summed E-state index contributed by atoms with van der Waals surface area (Å²) in [5, 5.41) is 9.16. The Balaban J connectivity index is 2.37. The van der Waals surface area contributed by atoms with Gasteiger partial charge in [-0.3, -0.25) is 0 Å². The van der Waals surface area contributed by atoms with Crippen LogP contribution < -0.4 is 0 Å². The molecule has 1 aliphatic carbocycles. The SMILES string of the molecule is Cc1ccc(CO)cc1S(=O)(=O)N(C)C(C)C1CC1. The molecule has 2 rings (SSSR count). The topological polar surface area (TPSA) is 57.6 Å². The van der Waals surface area contributed by atoms with Gasteiger partial charge in [-0.15, -0.1) is 0 Å². The lowest BCUT2D eigenvalue weighted by molar-refractivity contribution is 0.281. The van der Waals surface area contributed by atoms with Gasteiger partial charge in [-0.05, 0) is 49.8 Å². The predicted octanol–water partition coefficient (Wildman–Crippen LogP) is 1.91. The van der Waals surface area contributed by atoms with Crippen molar-refractivity contribution >= 4 is 10.0 Å². The number of benzene rings is 1. The number of aliphatic hydroxyl groups excluding tert-OH is 1. The van der Waals surface area contributed by atoms with Crippen molar-refractivity contribution in [1.29, 1.82) is 0 Å². The van der Waals surface area contributed by atoms with Crippen LogP contribution in [0.2, 0.25) is 0 Å². The zero-order valence-electron chi connectivity index (χ0n) is 11.6. The molecule has 0 spiro atoms. The third-order valence-electron chi connectivity index (χ3n) is 3.97. The molecule has 0 heterocycles. The normalized spacial score (nSPS) is 17.7. The molecule has 1 fully saturated rings. The summed E-state index contributed by atoms with van der Waals surface area (Å²) in [7, 11) is -1.84. The highest BCUT2D eigenvalue weighted by molar-refractivity contribution is 7.89. The fourth-order valence-electron chi connectivity index (χ4n) is 2.27. The van der Waals surface area contributed by atoms with Crippen LogP contribution in [-0.2, 0) is 16.6 Å². The van der Waals surface area contributed by atoms with Crippen molar-refractivity contribution in [2.24, 2.45) is 5.92 Å². The molecule has 106 valence electrons. The molecule has 0 bridgehead atoms. The molecule has 0 aromatic heterocycles. The quantitative estimate of drug-likeness (QED) is 0.898. The fourth-order valence-corrected chi connectivity index (χ4v) is 3.97. The molecular weight excluding hydrogens is 262 g/mol. The van der Waals surface area contributed by atoms with Crippen molar-refractivity contribution in [2.45, 2.75) is 44.2 Å². The van der Waals surface area contributed by atoms with Crippen LogP contribution in [-0.4, -0.2) is 30.9 Å². The zero-order valence-corrected chi connectivity index (χ0v) is 12.4. The van der Waals surface area contributed by atoms with E-state index in [9.17, 15) is 8.42 Å². The average Bonchev–Trinajstić information content (AvgIpc) is 3.21. The van der Waals surface area contributed by atoms with Gasteiger partial charge in [-0.2, -0.15) is 4.31 Å². The van der Waals surface area contributed by atoms with Gasteiger partial charge in [-0.1, -0.05) is 12.1 Å². The van der Waals surface area contributed by atoms with Crippen LogP contribution in [0.3, 0.4) is 0 Å². The minimum Gasteiger partial charge on any atom is -0.392 e. The van der Waals surface area contributed by atoms with Gasteiger partial charge in [0.15, 0.2) is 0 Å². The summed E-state index contributed by atoms with van der Waals surface area (Å²) in [6, 6.07) is 5.09. The summed E-state index contributed by atoms with van der Waals surface area (Å²) in [6.07, 6.45) is 2.22. The van der Waals surface area contributed by atoms with Crippen LogP contribution in [0.25, 0.3) is 0 Å². The Labute approximate surface area is 115 Å². The third-order valence-corrected chi connectivity index (χ3v) is 6.06.